The van der Waals surface area contributed by atoms with E-state index in [1.54, 1.807) is 6.07 Å². The Bertz CT molecular complexity index is 527. The lowest BCUT2D eigenvalue weighted by Gasteiger charge is -2.05. The molecule has 0 atom stereocenters. The van der Waals surface area contributed by atoms with E-state index in [4.69, 9.17) is 5.11 Å². The van der Waals surface area contributed by atoms with Crippen LogP contribution in [0.5, 0.6) is 0 Å². The minimum absolute atomic E-state index is 0.0167. The third kappa shape index (κ3) is 4.08. The summed E-state index contributed by atoms with van der Waals surface area (Å²) in [6.07, 6.45) is 2.63. The second kappa shape index (κ2) is 6.35. The maximum absolute atomic E-state index is 13.8. The molecular formula is C15H16FNO2. The van der Waals surface area contributed by atoms with Crippen LogP contribution >= 0.6 is 0 Å². The van der Waals surface area contributed by atoms with Gasteiger partial charge in [-0.1, -0.05) is 11.8 Å². The monoisotopic (exact) mass is 261 g/mol. The van der Waals surface area contributed by atoms with Crippen LogP contribution in [0.4, 0.5) is 4.39 Å². The quantitative estimate of drug-likeness (QED) is 0.810. The van der Waals surface area contributed by atoms with E-state index in [-0.39, 0.29) is 18.1 Å². The molecule has 1 aromatic rings. The number of hydrogen-bond acceptors (Lipinski definition) is 2. The summed E-state index contributed by atoms with van der Waals surface area (Å²) < 4.78 is 13.8. The van der Waals surface area contributed by atoms with Gasteiger partial charge < -0.3 is 10.4 Å². The van der Waals surface area contributed by atoms with Crippen molar-refractivity contribution in [3.05, 3.63) is 35.1 Å². The molecule has 1 aliphatic rings. The predicted octanol–water partition coefficient (Wildman–Crippen LogP) is 1.70. The van der Waals surface area contributed by atoms with Gasteiger partial charge in [-0.25, -0.2) is 4.39 Å². The van der Waals surface area contributed by atoms with Crippen molar-refractivity contribution < 1.29 is 14.3 Å². The third-order valence-electron chi connectivity index (χ3n) is 2.93. The minimum Gasteiger partial charge on any atom is -0.395 e. The molecule has 2 N–H and O–H groups in total. The number of halogens is 1. The summed E-state index contributed by atoms with van der Waals surface area (Å²) >= 11 is 0. The van der Waals surface area contributed by atoms with Crippen LogP contribution in [-0.4, -0.2) is 24.2 Å². The van der Waals surface area contributed by atoms with Crippen LogP contribution < -0.4 is 5.32 Å². The minimum atomic E-state index is -0.566. The Morgan fingerprint density at radius 2 is 2.26 bits per heavy atom. The van der Waals surface area contributed by atoms with E-state index in [0.29, 0.717) is 24.4 Å². The summed E-state index contributed by atoms with van der Waals surface area (Å²) in [7, 11) is 0. The van der Waals surface area contributed by atoms with Crippen molar-refractivity contribution in [2.24, 2.45) is 5.92 Å². The highest BCUT2D eigenvalue weighted by Crippen LogP contribution is 2.27. The summed E-state index contributed by atoms with van der Waals surface area (Å²) in [5.41, 5.74) is 0.554. The number of hydrogen-bond donors (Lipinski definition) is 2. The molecular weight excluding hydrogens is 245 g/mol. The van der Waals surface area contributed by atoms with Gasteiger partial charge in [0.1, 0.15) is 5.82 Å². The van der Waals surface area contributed by atoms with Crippen LogP contribution in [0.15, 0.2) is 18.2 Å². The summed E-state index contributed by atoms with van der Waals surface area (Å²) in [5, 5.41) is 11.3. The first-order chi connectivity index (χ1) is 9.20. The number of carbonyl (C=O) groups is 1. The van der Waals surface area contributed by atoms with Crippen molar-refractivity contribution in [2.45, 2.75) is 19.3 Å². The molecule has 1 aliphatic carbocycles. The van der Waals surface area contributed by atoms with E-state index >= 15 is 0 Å². The molecule has 100 valence electrons. The number of amides is 1. The average molecular weight is 261 g/mol. The molecule has 0 unspecified atom stereocenters. The number of nitrogens with one attached hydrogen (secondary N) is 1. The van der Waals surface area contributed by atoms with E-state index in [9.17, 15) is 9.18 Å². The largest absolute Gasteiger partial charge is 0.395 e. The van der Waals surface area contributed by atoms with Gasteiger partial charge in [0.15, 0.2) is 0 Å². The molecule has 0 heterocycles. The molecule has 1 saturated carbocycles. The highest BCUT2D eigenvalue weighted by atomic mass is 19.1. The summed E-state index contributed by atoms with van der Waals surface area (Å²) in [6, 6.07) is 4.30. The highest BCUT2D eigenvalue weighted by molar-refractivity contribution is 5.94. The smallest absolute Gasteiger partial charge is 0.254 e. The van der Waals surface area contributed by atoms with Crippen molar-refractivity contribution in [3.63, 3.8) is 0 Å². The van der Waals surface area contributed by atoms with Gasteiger partial charge in [0.25, 0.3) is 5.91 Å². The fraction of sp³-hybridized carbons (Fsp3) is 0.400. The van der Waals surface area contributed by atoms with Crippen LogP contribution in [0.3, 0.4) is 0 Å². The predicted molar refractivity (Wildman–Crippen MR) is 70.0 cm³/mol. The highest BCUT2D eigenvalue weighted by Gasteiger charge is 2.22. The number of carbonyl (C=O) groups excluding carboxylic acids is 1. The molecule has 1 fully saturated rings. The Labute approximate surface area is 111 Å². The SMILES string of the molecule is O=C(NCC1CC1)c1ccc(C#CCCO)cc1F. The maximum Gasteiger partial charge on any atom is 0.254 e. The van der Waals surface area contributed by atoms with Gasteiger partial charge in [-0.05, 0) is 37.0 Å². The van der Waals surface area contributed by atoms with Gasteiger partial charge in [-0.3, -0.25) is 4.79 Å². The molecule has 4 heteroatoms. The molecule has 0 bridgehead atoms. The Balaban J connectivity index is 2.01. The van der Waals surface area contributed by atoms with Crippen LogP contribution in [0.25, 0.3) is 0 Å². The Hall–Kier alpha value is -1.86. The van der Waals surface area contributed by atoms with Crippen molar-refractivity contribution in [1.82, 2.24) is 5.32 Å². The number of rotatable bonds is 4. The second-order valence-corrected chi connectivity index (χ2v) is 4.62. The molecule has 0 aromatic heterocycles. The molecule has 0 radical (unpaired) electrons. The molecule has 0 aliphatic heterocycles. The number of aliphatic hydroxyl groups excluding tert-OH is 1. The van der Waals surface area contributed by atoms with Crippen LogP contribution in [-0.2, 0) is 0 Å². The van der Waals surface area contributed by atoms with E-state index < -0.39 is 5.82 Å². The topological polar surface area (TPSA) is 49.3 Å². The first kappa shape index (κ1) is 13.6. The van der Waals surface area contributed by atoms with Crippen molar-refractivity contribution in [3.8, 4) is 11.8 Å². The van der Waals surface area contributed by atoms with E-state index in [1.807, 2.05) is 0 Å². The van der Waals surface area contributed by atoms with E-state index in [0.717, 1.165) is 12.8 Å². The maximum atomic E-state index is 13.8. The van der Waals surface area contributed by atoms with Gasteiger partial charge in [0.2, 0.25) is 0 Å². The summed E-state index contributed by atoms with van der Waals surface area (Å²) in [5.74, 6) is 5.06. The molecule has 1 amide bonds. The lowest BCUT2D eigenvalue weighted by Crippen LogP contribution is -2.26. The fourth-order valence-electron chi connectivity index (χ4n) is 1.65. The second-order valence-electron chi connectivity index (χ2n) is 4.62. The van der Waals surface area contributed by atoms with Crippen molar-refractivity contribution in [1.29, 1.82) is 0 Å². The molecule has 0 saturated heterocycles. The van der Waals surface area contributed by atoms with Crippen LogP contribution in [0.2, 0.25) is 0 Å². The van der Waals surface area contributed by atoms with Crippen LogP contribution in [0, 0.1) is 23.6 Å². The normalized spacial score (nSPS) is 13.6. The van der Waals surface area contributed by atoms with Crippen LogP contribution in [0.1, 0.15) is 35.2 Å². The van der Waals surface area contributed by atoms with Gasteiger partial charge >= 0.3 is 0 Å². The molecule has 19 heavy (non-hydrogen) atoms. The lowest BCUT2D eigenvalue weighted by atomic mass is 10.1. The fourth-order valence-corrected chi connectivity index (χ4v) is 1.65. The zero-order valence-corrected chi connectivity index (χ0v) is 10.6. The third-order valence-corrected chi connectivity index (χ3v) is 2.93. The summed E-state index contributed by atoms with van der Waals surface area (Å²) in [6.45, 7) is 0.605. The van der Waals surface area contributed by atoms with Gasteiger partial charge in [0.05, 0.1) is 12.2 Å². The molecule has 1 aromatic carbocycles. The molecule has 2 rings (SSSR count). The number of aliphatic hydroxyl groups is 1. The standard InChI is InChI=1S/C15H16FNO2/c16-14-9-11(3-1-2-8-18)6-7-13(14)15(19)17-10-12-4-5-12/h6-7,9,12,18H,2,4-5,8,10H2,(H,17,19). The average Bonchev–Trinajstić information content (AvgIpc) is 3.20. The Kier molecular flexibility index (Phi) is 4.53. The first-order valence-corrected chi connectivity index (χ1v) is 6.38. The molecule has 3 nitrogen and oxygen atoms in total. The van der Waals surface area contributed by atoms with E-state index in [1.165, 1.54) is 12.1 Å². The molecule has 0 spiro atoms. The zero-order valence-electron chi connectivity index (χ0n) is 10.6. The Morgan fingerprint density at radius 1 is 1.47 bits per heavy atom. The van der Waals surface area contributed by atoms with Gasteiger partial charge in [-0.15, -0.1) is 0 Å². The lowest BCUT2D eigenvalue weighted by molar-refractivity contribution is 0.0948. The van der Waals surface area contributed by atoms with Gasteiger partial charge in [0, 0.05) is 18.5 Å². The number of benzene rings is 1. The van der Waals surface area contributed by atoms with Crippen molar-refractivity contribution >= 4 is 5.91 Å². The first-order valence-electron chi connectivity index (χ1n) is 6.38. The van der Waals surface area contributed by atoms with E-state index in [2.05, 4.69) is 17.2 Å². The van der Waals surface area contributed by atoms with Crippen molar-refractivity contribution in [2.75, 3.05) is 13.2 Å². The zero-order chi connectivity index (χ0) is 13.7. The van der Waals surface area contributed by atoms with Gasteiger partial charge in [-0.2, -0.15) is 0 Å². The Morgan fingerprint density at radius 3 is 2.89 bits per heavy atom. The summed E-state index contributed by atoms with van der Waals surface area (Å²) in [4.78, 5) is 11.7.